The molecule has 0 bridgehead atoms. The van der Waals surface area contributed by atoms with Gasteiger partial charge in [0, 0.05) is 13.0 Å². The summed E-state index contributed by atoms with van der Waals surface area (Å²) in [6.45, 7) is 0.730. The Kier molecular flexibility index (Phi) is 4.23. The minimum absolute atomic E-state index is 0.00978. The summed E-state index contributed by atoms with van der Waals surface area (Å²) in [5.41, 5.74) is 0.952. The number of hydrogen-bond acceptors (Lipinski definition) is 5. The molecule has 2 amide bonds. The monoisotopic (exact) mass is 355 g/mol. The van der Waals surface area contributed by atoms with Crippen molar-refractivity contribution < 1.29 is 14.0 Å². The van der Waals surface area contributed by atoms with Gasteiger partial charge in [-0.3, -0.25) is 9.59 Å². The molecule has 128 valence electrons. The van der Waals surface area contributed by atoms with Crippen molar-refractivity contribution in [1.82, 2.24) is 15.6 Å². The number of benzene rings is 1. The van der Waals surface area contributed by atoms with Crippen LogP contribution in [0.1, 0.15) is 18.6 Å². The Morgan fingerprint density at radius 3 is 3.00 bits per heavy atom. The second-order valence-electron chi connectivity index (χ2n) is 6.01. The van der Waals surface area contributed by atoms with Crippen molar-refractivity contribution in [2.24, 2.45) is 5.92 Å². The van der Waals surface area contributed by atoms with Crippen LogP contribution in [0.5, 0.6) is 0 Å². The number of thiazole rings is 1. The highest BCUT2D eigenvalue weighted by Crippen LogP contribution is 2.31. The van der Waals surface area contributed by atoms with Crippen LogP contribution in [0.15, 0.2) is 40.8 Å². The van der Waals surface area contributed by atoms with E-state index in [1.807, 2.05) is 36.4 Å². The Bertz CT molecular complexity index is 887. The second-order valence-corrected chi connectivity index (χ2v) is 7.04. The summed E-state index contributed by atoms with van der Waals surface area (Å²) in [5, 5.41) is 6.42. The molecule has 0 spiro atoms. The predicted molar refractivity (Wildman–Crippen MR) is 94.9 cm³/mol. The van der Waals surface area contributed by atoms with Crippen LogP contribution in [0.3, 0.4) is 0 Å². The average Bonchev–Trinajstić information content (AvgIpc) is 3.26. The van der Waals surface area contributed by atoms with E-state index in [2.05, 4.69) is 15.6 Å². The van der Waals surface area contributed by atoms with Crippen molar-refractivity contribution in [2.45, 2.75) is 19.4 Å². The number of fused-ring (bicyclic) bond motifs is 1. The van der Waals surface area contributed by atoms with Gasteiger partial charge in [-0.05, 0) is 30.7 Å². The maximum absolute atomic E-state index is 12.2. The van der Waals surface area contributed by atoms with Crippen LogP contribution in [0, 0.1) is 5.92 Å². The van der Waals surface area contributed by atoms with Gasteiger partial charge in [0.05, 0.1) is 22.7 Å². The van der Waals surface area contributed by atoms with Gasteiger partial charge in [0.15, 0.2) is 10.8 Å². The molecule has 1 aromatic carbocycles. The molecule has 1 aliphatic heterocycles. The van der Waals surface area contributed by atoms with E-state index in [9.17, 15) is 9.59 Å². The molecule has 1 saturated heterocycles. The van der Waals surface area contributed by atoms with E-state index < -0.39 is 0 Å². The van der Waals surface area contributed by atoms with Gasteiger partial charge in [0.25, 0.3) is 0 Å². The van der Waals surface area contributed by atoms with E-state index in [0.29, 0.717) is 37.5 Å². The molecule has 3 heterocycles. The van der Waals surface area contributed by atoms with Crippen molar-refractivity contribution in [1.29, 1.82) is 0 Å². The number of aromatic nitrogens is 1. The summed E-state index contributed by atoms with van der Waals surface area (Å²) in [7, 11) is 0. The Balaban J connectivity index is 1.39. The molecule has 2 aromatic heterocycles. The summed E-state index contributed by atoms with van der Waals surface area (Å²) >= 11 is 1.58. The Morgan fingerprint density at radius 1 is 1.32 bits per heavy atom. The van der Waals surface area contributed by atoms with Crippen LogP contribution < -0.4 is 10.6 Å². The smallest absolute Gasteiger partial charge is 0.225 e. The summed E-state index contributed by atoms with van der Waals surface area (Å²) in [5.74, 6) is 1.17. The zero-order chi connectivity index (χ0) is 17.2. The maximum atomic E-state index is 12.2. The van der Waals surface area contributed by atoms with Gasteiger partial charge >= 0.3 is 0 Å². The number of rotatable bonds is 4. The van der Waals surface area contributed by atoms with Crippen molar-refractivity contribution in [3.8, 4) is 10.8 Å². The molecular formula is C18H17N3O3S. The van der Waals surface area contributed by atoms with Crippen molar-refractivity contribution in [3.63, 3.8) is 0 Å². The number of piperidine rings is 1. The van der Waals surface area contributed by atoms with Crippen LogP contribution in [0.25, 0.3) is 21.0 Å². The quantitative estimate of drug-likeness (QED) is 0.754. The Hall–Kier alpha value is -2.67. The first-order valence-electron chi connectivity index (χ1n) is 8.18. The summed E-state index contributed by atoms with van der Waals surface area (Å²) in [4.78, 5) is 27.9. The van der Waals surface area contributed by atoms with Gasteiger partial charge < -0.3 is 15.1 Å². The molecular weight excluding hydrogens is 338 g/mol. The number of furan rings is 1. The van der Waals surface area contributed by atoms with Gasteiger partial charge in [0.1, 0.15) is 5.76 Å². The molecule has 7 heteroatoms. The lowest BCUT2D eigenvalue weighted by Crippen LogP contribution is -2.42. The maximum Gasteiger partial charge on any atom is 0.225 e. The number of nitrogens with zero attached hydrogens (tertiary/aromatic N) is 1. The first kappa shape index (κ1) is 15.8. The normalized spacial score (nSPS) is 17.4. The lowest BCUT2D eigenvalue weighted by molar-refractivity contribution is -0.129. The number of para-hydroxylation sites is 1. The van der Waals surface area contributed by atoms with E-state index in [0.717, 1.165) is 15.2 Å². The number of nitrogens with one attached hydrogen (secondary N) is 2. The number of carbonyl (C=O) groups is 2. The minimum atomic E-state index is -0.170. The van der Waals surface area contributed by atoms with Gasteiger partial charge in [0.2, 0.25) is 11.8 Å². The fourth-order valence-electron chi connectivity index (χ4n) is 2.84. The second kappa shape index (κ2) is 6.68. The SMILES string of the molecule is O=C1CC[C@@H](C(=O)NCc2ccc(-c3nc4ccccc4s3)o2)CN1. The zero-order valence-electron chi connectivity index (χ0n) is 13.5. The molecule has 0 aliphatic carbocycles. The highest BCUT2D eigenvalue weighted by atomic mass is 32.1. The third-order valence-corrected chi connectivity index (χ3v) is 5.29. The van der Waals surface area contributed by atoms with Crippen LogP contribution in [-0.4, -0.2) is 23.3 Å². The first-order valence-corrected chi connectivity index (χ1v) is 9.00. The standard InChI is InChI=1S/C18H17N3O3S/c22-16-8-5-11(9-19-16)17(23)20-10-12-6-7-14(24-12)18-21-13-3-1-2-4-15(13)25-18/h1-4,6-7,11H,5,8-10H2,(H,19,22)(H,20,23)/t11-/m1/s1. The summed E-state index contributed by atoms with van der Waals surface area (Å²) in [6.07, 6.45) is 0.993. The Labute approximate surface area is 148 Å². The molecule has 25 heavy (non-hydrogen) atoms. The van der Waals surface area contributed by atoms with E-state index in [-0.39, 0.29) is 17.7 Å². The molecule has 4 rings (SSSR count). The first-order chi connectivity index (χ1) is 12.2. The summed E-state index contributed by atoms with van der Waals surface area (Å²) < 4.78 is 6.93. The highest BCUT2D eigenvalue weighted by molar-refractivity contribution is 7.21. The molecule has 0 unspecified atom stereocenters. The number of amides is 2. The van der Waals surface area contributed by atoms with Crippen LogP contribution in [-0.2, 0) is 16.1 Å². The van der Waals surface area contributed by atoms with E-state index in [4.69, 9.17) is 4.42 Å². The van der Waals surface area contributed by atoms with Crippen LogP contribution in [0.4, 0.5) is 0 Å². The molecule has 1 fully saturated rings. The van der Waals surface area contributed by atoms with Gasteiger partial charge in [-0.15, -0.1) is 11.3 Å². The largest absolute Gasteiger partial charge is 0.457 e. The highest BCUT2D eigenvalue weighted by Gasteiger charge is 2.24. The Morgan fingerprint density at radius 2 is 2.20 bits per heavy atom. The lowest BCUT2D eigenvalue weighted by atomic mass is 9.98. The molecule has 1 aliphatic rings. The fraction of sp³-hybridized carbons (Fsp3) is 0.278. The van der Waals surface area contributed by atoms with E-state index >= 15 is 0 Å². The van der Waals surface area contributed by atoms with Crippen molar-refractivity contribution >= 4 is 33.4 Å². The van der Waals surface area contributed by atoms with E-state index in [1.54, 1.807) is 11.3 Å². The third-order valence-electron chi connectivity index (χ3n) is 4.24. The predicted octanol–water partition coefficient (Wildman–Crippen LogP) is 2.70. The minimum Gasteiger partial charge on any atom is -0.457 e. The van der Waals surface area contributed by atoms with Gasteiger partial charge in [-0.2, -0.15) is 0 Å². The van der Waals surface area contributed by atoms with Crippen LogP contribution in [0.2, 0.25) is 0 Å². The fourth-order valence-corrected chi connectivity index (χ4v) is 3.77. The van der Waals surface area contributed by atoms with Crippen molar-refractivity contribution in [3.05, 3.63) is 42.2 Å². The van der Waals surface area contributed by atoms with Gasteiger partial charge in [-0.1, -0.05) is 12.1 Å². The molecule has 2 N–H and O–H groups in total. The number of carbonyl (C=O) groups excluding carboxylic acids is 2. The molecule has 3 aromatic rings. The summed E-state index contributed by atoms with van der Waals surface area (Å²) in [6, 6.07) is 11.7. The zero-order valence-corrected chi connectivity index (χ0v) is 14.3. The van der Waals surface area contributed by atoms with Crippen molar-refractivity contribution in [2.75, 3.05) is 6.54 Å². The molecule has 1 atom stereocenters. The number of hydrogen-bond donors (Lipinski definition) is 2. The topological polar surface area (TPSA) is 84.2 Å². The molecule has 0 radical (unpaired) electrons. The lowest BCUT2D eigenvalue weighted by Gasteiger charge is -2.21. The molecule has 0 saturated carbocycles. The molecule has 6 nitrogen and oxygen atoms in total. The average molecular weight is 355 g/mol. The third kappa shape index (κ3) is 3.41. The van der Waals surface area contributed by atoms with Gasteiger partial charge in [-0.25, -0.2) is 4.98 Å². The van der Waals surface area contributed by atoms with Crippen LogP contribution >= 0.6 is 11.3 Å². The van der Waals surface area contributed by atoms with E-state index in [1.165, 1.54) is 0 Å².